The van der Waals surface area contributed by atoms with Crippen LogP contribution in [0.1, 0.15) is 71.1 Å². The number of benzene rings is 1. The number of carbonyl (C=O) groups is 3. The minimum Gasteiger partial charge on any atom is -0.366 e. The van der Waals surface area contributed by atoms with Gasteiger partial charge in [-0.05, 0) is 38.0 Å². The molecule has 6 nitrogen and oxygen atoms in total. The van der Waals surface area contributed by atoms with Gasteiger partial charge in [-0.2, -0.15) is 0 Å². The van der Waals surface area contributed by atoms with Crippen molar-refractivity contribution in [2.45, 2.75) is 40.0 Å². The zero-order chi connectivity index (χ0) is 20.4. The van der Waals surface area contributed by atoms with Gasteiger partial charge in [0.2, 0.25) is 5.91 Å². The molecule has 0 aromatic heterocycles. The summed E-state index contributed by atoms with van der Waals surface area (Å²) in [4.78, 5) is 40.8. The Morgan fingerprint density at radius 2 is 1.37 bits per heavy atom. The Balaban J connectivity index is 3.31. The van der Waals surface area contributed by atoms with Crippen molar-refractivity contribution in [3.8, 4) is 12.3 Å². The average Bonchev–Trinajstić information content (AvgIpc) is 2.67. The number of rotatable bonds is 10. The molecular weight excluding hydrogens is 342 g/mol. The SMILES string of the molecule is C#CCCN(CC)C(=O)c1cc(C(N)=O)cc(C(=O)N(CCC)CCC)c1. The van der Waals surface area contributed by atoms with Crippen LogP contribution in [0.15, 0.2) is 18.2 Å². The van der Waals surface area contributed by atoms with E-state index < -0.39 is 5.91 Å². The first-order valence-electron chi connectivity index (χ1n) is 9.36. The van der Waals surface area contributed by atoms with Gasteiger partial charge in [-0.15, -0.1) is 12.3 Å². The molecule has 0 fully saturated rings. The van der Waals surface area contributed by atoms with Crippen molar-refractivity contribution in [1.82, 2.24) is 9.80 Å². The fourth-order valence-electron chi connectivity index (χ4n) is 2.84. The molecule has 146 valence electrons. The molecule has 0 spiro atoms. The fraction of sp³-hybridized carbons (Fsp3) is 0.476. The maximum absolute atomic E-state index is 12.9. The average molecular weight is 371 g/mol. The van der Waals surface area contributed by atoms with E-state index in [2.05, 4.69) is 5.92 Å². The zero-order valence-electron chi connectivity index (χ0n) is 16.5. The summed E-state index contributed by atoms with van der Waals surface area (Å²) >= 11 is 0. The largest absolute Gasteiger partial charge is 0.366 e. The molecule has 0 aliphatic carbocycles. The number of primary amides is 1. The van der Waals surface area contributed by atoms with Crippen LogP contribution in [0.25, 0.3) is 0 Å². The predicted octanol–water partition coefficient (Wildman–Crippen LogP) is 2.53. The van der Waals surface area contributed by atoms with E-state index in [-0.39, 0.29) is 22.9 Å². The predicted molar refractivity (Wildman–Crippen MR) is 106 cm³/mol. The zero-order valence-corrected chi connectivity index (χ0v) is 16.5. The summed E-state index contributed by atoms with van der Waals surface area (Å²) in [6, 6.07) is 4.43. The molecule has 0 bridgehead atoms. The molecule has 6 heteroatoms. The summed E-state index contributed by atoms with van der Waals surface area (Å²) in [7, 11) is 0. The van der Waals surface area contributed by atoms with E-state index in [1.165, 1.54) is 18.2 Å². The molecule has 0 atom stereocenters. The van der Waals surface area contributed by atoms with E-state index in [1.54, 1.807) is 9.80 Å². The maximum atomic E-state index is 12.9. The molecule has 3 amide bonds. The highest BCUT2D eigenvalue weighted by Crippen LogP contribution is 2.16. The molecule has 0 saturated carbocycles. The van der Waals surface area contributed by atoms with Gasteiger partial charge in [-0.1, -0.05) is 13.8 Å². The molecular formula is C21H29N3O3. The molecule has 0 heterocycles. The molecule has 2 N–H and O–H groups in total. The number of terminal acetylenes is 1. The molecule has 1 rings (SSSR count). The minimum absolute atomic E-state index is 0.144. The molecule has 1 aromatic carbocycles. The molecule has 0 saturated heterocycles. The number of hydrogen-bond acceptors (Lipinski definition) is 3. The Bertz CT molecular complexity index is 716. The van der Waals surface area contributed by atoms with Crippen LogP contribution in [0.4, 0.5) is 0 Å². The van der Waals surface area contributed by atoms with Gasteiger partial charge in [-0.3, -0.25) is 14.4 Å². The summed E-state index contributed by atoms with van der Waals surface area (Å²) in [5.74, 6) is 1.35. The molecule has 0 aliphatic rings. The van der Waals surface area contributed by atoms with E-state index in [9.17, 15) is 14.4 Å². The Morgan fingerprint density at radius 3 is 1.78 bits per heavy atom. The third-order valence-corrected chi connectivity index (χ3v) is 4.18. The van der Waals surface area contributed by atoms with E-state index in [4.69, 9.17) is 12.2 Å². The van der Waals surface area contributed by atoms with Crippen molar-refractivity contribution < 1.29 is 14.4 Å². The van der Waals surface area contributed by atoms with Crippen molar-refractivity contribution in [3.05, 3.63) is 34.9 Å². The lowest BCUT2D eigenvalue weighted by Crippen LogP contribution is -2.34. The maximum Gasteiger partial charge on any atom is 0.253 e. The summed E-state index contributed by atoms with van der Waals surface area (Å²) in [5.41, 5.74) is 6.12. The van der Waals surface area contributed by atoms with Crippen LogP contribution in [0.2, 0.25) is 0 Å². The summed E-state index contributed by atoms with van der Waals surface area (Å²) < 4.78 is 0. The van der Waals surface area contributed by atoms with Gasteiger partial charge < -0.3 is 15.5 Å². The van der Waals surface area contributed by atoms with Gasteiger partial charge in [-0.25, -0.2) is 0 Å². The first-order valence-corrected chi connectivity index (χ1v) is 9.36. The summed E-state index contributed by atoms with van der Waals surface area (Å²) in [5, 5.41) is 0. The lowest BCUT2D eigenvalue weighted by Gasteiger charge is -2.23. The second-order valence-electron chi connectivity index (χ2n) is 6.29. The van der Waals surface area contributed by atoms with Crippen LogP contribution >= 0.6 is 0 Å². The van der Waals surface area contributed by atoms with Gasteiger partial charge >= 0.3 is 0 Å². The number of carbonyl (C=O) groups excluding carboxylic acids is 3. The summed E-state index contributed by atoms with van der Waals surface area (Å²) in [6.07, 6.45) is 7.37. The van der Waals surface area contributed by atoms with E-state index >= 15 is 0 Å². The van der Waals surface area contributed by atoms with Gasteiger partial charge in [0.1, 0.15) is 0 Å². The standard InChI is InChI=1S/C21H29N3O3/c1-5-9-12-23(8-4)20(26)17-13-16(19(22)25)14-18(15-17)21(27)24(10-6-2)11-7-3/h1,13-15H,6-12H2,2-4H3,(H2,22,25). The van der Waals surface area contributed by atoms with E-state index in [0.29, 0.717) is 38.2 Å². The van der Waals surface area contributed by atoms with Gasteiger partial charge in [0, 0.05) is 49.3 Å². The lowest BCUT2D eigenvalue weighted by molar-refractivity contribution is 0.0755. The highest BCUT2D eigenvalue weighted by molar-refractivity contribution is 6.04. The Morgan fingerprint density at radius 1 is 0.889 bits per heavy atom. The molecule has 0 unspecified atom stereocenters. The van der Waals surface area contributed by atoms with Crippen molar-refractivity contribution in [1.29, 1.82) is 0 Å². The van der Waals surface area contributed by atoms with Crippen molar-refractivity contribution in [2.24, 2.45) is 5.73 Å². The Hall–Kier alpha value is -2.81. The Labute approximate surface area is 161 Å². The van der Waals surface area contributed by atoms with Crippen LogP contribution in [0.5, 0.6) is 0 Å². The normalized spacial score (nSPS) is 10.1. The smallest absolute Gasteiger partial charge is 0.253 e. The molecule has 0 radical (unpaired) electrons. The monoisotopic (exact) mass is 371 g/mol. The molecule has 1 aromatic rings. The number of amides is 3. The topological polar surface area (TPSA) is 83.7 Å². The molecule has 0 aliphatic heterocycles. The van der Waals surface area contributed by atoms with Crippen LogP contribution in [-0.2, 0) is 0 Å². The number of nitrogens with two attached hydrogens (primary N) is 1. The second-order valence-corrected chi connectivity index (χ2v) is 6.29. The summed E-state index contributed by atoms with van der Waals surface area (Å²) in [6.45, 7) is 7.95. The third kappa shape index (κ3) is 6.14. The van der Waals surface area contributed by atoms with Crippen molar-refractivity contribution in [2.75, 3.05) is 26.2 Å². The van der Waals surface area contributed by atoms with Gasteiger partial charge in [0.15, 0.2) is 0 Å². The number of hydrogen-bond donors (Lipinski definition) is 1. The van der Waals surface area contributed by atoms with E-state index in [0.717, 1.165) is 12.8 Å². The lowest BCUT2D eigenvalue weighted by atomic mass is 10.0. The van der Waals surface area contributed by atoms with Crippen LogP contribution in [-0.4, -0.2) is 53.7 Å². The first-order chi connectivity index (χ1) is 12.9. The van der Waals surface area contributed by atoms with Crippen LogP contribution in [0, 0.1) is 12.3 Å². The third-order valence-electron chi connectivity index (χ3n) is 4.18. The van der Waals surface area contributed by atoms with Crippen LogP contribution < -0.4 is 5.73 Å². The van der Waals surface area contributed by atoms with Crippen LogP contribution in [0.3, 0.4) is 0 Å². The van der Waals surface area contributed by atoms with E-state index in [1.807, 2.05) is 20.8 Å². The minimum atomic E-state index is -0.678. The van der Waals surface area contributed by atoms with Gasteiger partial charge in [0.25, 0.3) is 11.8 Å². The highest BCUT2D eigenvalue weighted by Gasteiger charge is 2.21. The number of nitrogens with zero attached hydrogens (tertiary/aromatic N) is 2. The fourth-order valence-corrected chi connectivity index (χ4v) is 2.84. The van der Waals surface area contributed by atoms with Crippen molar-refractivity contribution in [3.63, 3.8) is 0 Å². The van der Waals surface area contributed by atoms with Gasteiger partial charge in [0.05, 0.1) is 0 Å². The first kappa shape index (κ1) is 22.2. The van der Waals surface area contributed by atoms with Crippen molar-refractivity contribution >= 4 is 17.7 Å². The second kappa shape index (κ2) is 11.0. The Kier molecular flexibility index (Phi) is 9.07. The quantitative estimate of drug-likeness (QED) is 0.642. The molecule has 27 heavy (non-hydrogen) atoms. The highest BCUT2D eigenvalue weighted by atomic mass is 16.2.